The topological polar surface area (TPSA) is 9.23 Å². The van der Waals surface area contributed by atoms with Crippen LogP contribution in [0.15, 0.2) is 30.4 Å². The Labute approximate surface area is 175 Å². The van der Waals surface area contributed by atoms with Crippen LogP contribution in [-0.2, 0) is 0 Å². The number of unbranched alkanes of at least 4 members (excludes halogenated alkanes) is 1. The van der Waals surface area contributed by atoms with Gasteiger partial charge in [0.05, 0.1) is 6.67 Å². The molecule has 0 heterocycles. The zero-order valence-electron chi connectivity index (χ0n) is 17.3. The highest BCUT2D eigenvalue weighted by molar-refractivity contribution is 5.31. The van der Waals surface area contributed by atoms with Gasteiger partial charge in [0.15, 0.2) is 11.6 Å². The van der Waals surface area contributed by atoms with Crippen molar-refractivity contribution in [1.29, 1.82) is 0 Å². The van der Waals surface area contributed by atoms with Crippen molar-refractivity contribution in [2.24, 2.45) is 17.8 Å². The van der Waals surface area contributed by atoms with Gasteiger partial charge in [-0.25, -0.2) is 4.39 Å². The Bertz CT molecular complexity index is 683. The van der Waals surface area contributed by atoms with Crippen LogP contribution in [0.1, 0.15) is 75.7 Å². The van der Waals surface area contributed by atoms with E-state index in [1.54, 1.807) is 6.07 Å². The summed E-state index contributed by atoms with van der Waals surface area (Å²) < 4.78 is 66.8. The third-order valence-corrected chi connectivity index (χ3v) is 6.82. The zero-order chi connectivity index (χ0) is 21.6. The monoisotopic (exact) mass is 430 g/mol. The molecular formula is C24H31F5O. The van der Waals surface area contributed by atoms with E-state index in [0.29, 0.717) is 18.3 Å². The van der Waals surface area contributed by atoms with Gasteiger partial charge in [-0.05, 0) is 106 Å². The van der Waals surface area contributed by atoms with Crippen molar-refractivity contribution in [3.05, 3.63) is 41.7 Å². The van der Waals surface area contributed by atoms with Gasteiger partial charge in [0, 0.05) is 0 Å². The smallest absolute Gasteiger partial charge is 0.403 e. The summed E-state index contributed by atoms with van der Waals surface area (Å²) in [4.78, 5) is 0. The van der Waals surface area contributed by atoms with E-state index in [2.05, 4.69) is 16.9 Å². The third-order valence-electron chi connectivity index (χ3n) is 6.82. The van der Waals surface area contributed by atoms with Crippen LogP contribution >= 0.6 is 0 Å². The number of allylic oxidation sites excluding steroid dienone is 2. The van der Waals surface area contributed by atoms with Gasteiger partial charge in [-0.15, -0.1) is 13.2 Å². The number of benzene rings is 1. The maximum atomic E-state index is 14.0. The van der Waals surface area contributed by atoms with E-state index in [0.717, 1.165) is 49.7 Å². The van der Waals surface area contributed by atoms with Gasteiger partial charge in [-0.2, -0.15) is 0 Å². The third kappa shape index (κ3) is 6.71. The molecule has 3 rings (SSSR count). The van der Waals surface area contributed by atoms with Gasteiger partial charge in [0.2, 0.25) is 0 Å². The molecule has 1 aromatic carbocycles. The first-order valence-corrected chi connectivity index (χ1v) is 11.1. The Morgan fingerprint density at radius 3 is 2.13 bits per heavy atom. The quantitative estimate of drug-likeness (QED) is 0.241. The molecule has 0 N–H and O–H groups in total. The molecule has 0 unspecified atom stereocenters. The highest BCUT2D eigenvalue weighted by Gasteiger charge is 2.33. The first-order chi connectivity index (χ1) is 14.4. The van der Waals surface area contributed by atoms with Crippen molar-refractivity contribution in [2.75, 3.05) is 6.67 Å². The fourth-order valence-corrected chi connectivity index (χ4v) is 5.19. The summed E-state index contributed by atoms with van der Waals surface area (Å²) >= 11 is 0. The molecule has 0 aromatic heterocycles. The highest BCUT2D eigenvalue weighted by atomic mass is 19.4. The molecule has 0 amide bonds. The summed E-state index contributed by atoms with van der Waals surface area (Å²) in [5.41, 5.74) is 0.766. The lowest BCUT2D eigenvalue weighted by Crippen LogP contribution is -2.25. The maximum absolute atomic E-state index is 14.0. The largest absolute Gasteiger partial charge is 0.573 e. The molecule has 0 radical (unpaired) electrons. The number of hydrogen-bond donors (Lipinski definition) is 0. The number of rotatable bonds is 7. The summed E-state index contributed by atoms with van der Waals surface area (Å²) in [5, 5.41) is 0. The molecule has 30 heavy (non-hydrogen) atoms. The number of alkyl halides is 4. The van der Waals surface area contributed by atoms with Crippen LogP contribution < -0.4 is 4.74 Å². The lowest BCUT2D eigenvalue weighted by molar-refractivity contribution is -0.275. The Balaban J connectivity index is 1.45. The van der Waals surface area contributed by atoms with Gasteiger partial charge in [0.1, 0.15) is 0 Å². The highest BCUT2D eigenvalue weighted by Crippen LogP contribution is 2.44. The lowest BCUT2D eigenvalue weighted by Gasteiger charge is -2.37. The minimum Gasteiger partial charge on any atom is -0.403 e. The Kier molecular flexibility index (Phi) is 8.18. The van der Waals surface area contributed by atoms with Gasteiger partial charge < -0.3 is 4.74 Å². The van der Waals surface area contributed by atoms with E-state index < -0.39 is 17.9 Å². The van der Waals surface area contributed by atoms with E-state index in [9.17, 15) is 22.0 Å². The molecule has 2 fully saturated rings. The number of hydrogen-bond acceptors (Lipinski definition) is 1. The summed E-state index contributed by atoms with van der Waals surface area (Å²) in [5.74, 6) is 0.527. The molecule has 0 bridgehead atoms. The molecule has 1 nitrogen and oxygen atoms in total. The number of ether oxygens (including phenoxy) is 1. The number of halogens is 5. The SMILES string of the molecule is FCCC/C=C/C1CCC(C2CCC(c3ccc(OC(F)(F)F)c(F)c3)CC2)CC1. The first kappa shape index (κ1) is 23.1. The Morgan fingerprint density at radius 2 is 1.57 bits per heavy atom. The fourth-order valence-electron chi connectivity index (χ4n) is 5.19. The molecule has 0 aliphatic heterocycles. The average molecular weight is 431 g/mol. The standard InChI is InChI=1S/C24H31F5O/c25-15-3-1-2-4-17-5-7-18(8-6-17)19-9-11-20(12-10-19)21-13-14-23(22(26)16-21)30-24(27,28)29/h2,4,13-14,16-20H,1,3,5-12,15H2/b4-2+. The minimum absolute atomic E-state index is 0.200. The van der Waals surface area contributed by atoms with Crippen molar-refractivity contribution in [2.45, 2.75) is 76.5 Å². The Morgan fingerprint density at radius 1 is 0.933 bits per heavy atom. The van der Waals surface area contributed by atoms with Gasteiger partial charge in [-0.3, -0.25) is 4.39 Å². The summed E-state index contributed by atoms with van der Waals surface area (Å²) in [6, 6.07) is 3.86. The van der Waals surface area contributed by atoms with Crippen LogP contribution in [-0.4, -0.2) is 13.0 Å². The molecular weight excluding hydrogens is 399 g/mol. The molecule has 0 saturated heterocycles. The van der Waals surface area contributed by atoms with Crippen LogP contribution in [0, 0.1) is 23.6 Å². The Hall–Kier alpha value is -1.59. The molecule has 2 aliphatic carbocycles. The molecule has 0 atom stereocenters. The molecule has 2 saturated carbocycles. The van der Waals surface area contributed by atoms with Crippen LogP contribution in [0.25, 0.3) is 0 Å². The maximum Gasteiger partial charge on any atom is 0.573 e. The predicted octanol–water partition coefficient (Wildman–Crippen LogP) is 8.11. The normalized spacial score (nSPS) is 28.0. The van der Waals surface area contributed by atoms with Crippen molar-refractivity contribution in [3.8, 4) is 5.75 Å². The molecule has 6 heteroatoms. The van der Waals surface area contributed by atoms with Crippen molar-refractivity contribution < 1.29 is 26.7 Å². The lowest BCUT2D eigenvalue weighted by atomic mass is 9.68. The van der Waals surface area contributed by atoms with Crippen LogP contribution in [0.5, 0.6) is 5.75 Å². The first-order valence-electron chi connectivity index (χ1n) is 11.1. The fraction of sp³-hybridized carbons (Fsp3) is 0.667. The summed E-state index contributed by atoms with van der Waals surface area (Å²) in [6.07, 6.45) is 9.87. The van der Waals surface area contributed by atoms with Gasteiger partial charge in [-0.1, -0.05) is 18.2 Å². The van der Waals surface area contributed by atoms with Gasteiger partial charge >= 0.3 is 6.36 Å². The van der Waals surface area contributed by atoms with E-state index in [4.69, 9.17) is 0 Å². The van der Waals surface area contributed by atoms with E-state index in [-0.39, 0.29) is 12.6 Å². The predicted molar refractivity (Wildman–Crippen MR) is 108 cm³/mol. The second-order valence-corrected chi connectivity index (χ2v) is 8.78. The molecule has 2 aliphatic rings. The molecule has 1 aromatic rings. The van der Waals surface area contributed by atoms with Crippen molar-refractivity contribution in [3.63, 3.8) is 0 Å². The van der Waals surface area contributed by atoms with Crippen molar-refractivity contribution in [1.82, 2.24) is 0 Å². The van der Waals surface area contributed by atoms with Gasteiger partial charge in [0.25, 0.3) is 0 Å². The molecule has 0 spiro atoms. The van der Waals surface area contributed by atoms with Crippen LogP contribution in [0.4, 0.5) is 22.0 Å². The van der Waals surface area contributed by atoms with Crippen LogP contribution in [0.2, 0.25) is 0 Å². The van der Waals surface area contributed by atoms with Crippen molar-refractivity contribution >= 4 is 0 Å². The second kappa shape index (κ2) is 10.6. The molecule has 168 valence electrons. The average Bonchev–Trinajstić information content (AvgIpc) is 2.72. The van der Waals surface area contributed by atoms with E-state index >= 15 is 0 Å². The van der Waals surface area contributed by atoms with E-state index in [1.165, 1.54) is 31.7 Å². The minimum atomic E-state index is -4.89. The second-order valence-electron chi connectivity index (χ2n) is 8.78. The van der Waals surface area contributed by atoms with E-state index in [1.807, 2.05) is 0 Å². The summed E-state index contributed by atoms with van der Waals surface area (Å²) in [6.45, 7) is -0.252. The van der Waals surface area contributed by atoms with Crippen LogP contribution in [0.3, 0.4) is 0 Å². The zero-order valence-corrected chi connectivity index (χ0v) is 17.3. The summed E-state index contributed by atoms with van der Waals surface area (Å²) in [7, 11) is 0.